The van der Waals surface area contributed by atoms with E-state index in [0.717, 1.165) is 12.1 Å². The number of hydrogen-bond acceptors (Lipinski definition) is 3. The summed E-state index contributed by atoms with van der Waals surface area (Å²) in [6, 6.07) is 2.30. The molecule has 0 aliphatic heterocycles. The summed E-state index contributed by atoms with van der Waals surface area (Å²) in [5.41, 5.74) is 4.41. The van der Waals surface area contributed by atoms with E-state index in [1.54, 1.807) is 0 Å². The summed E-state index contributed by atoms with van der Waals surface area (Å²) in [5, 5.41) is 0. The minimum absolute atomic E-state index is 0.360. The largest absolute Gasteiger partial charge is 0.573 e. The second-order valence-electron chi connectivity index (χ2n) is 3.78. The summed E-state index contributed by atoms with van der Waals surface area (Å²) in [5.74, 6) is -2.26. The standard InChI is InChI=1S/C11H9F6NO3/c12-10(13,14)3-4-20-8-2-1-6(21-11(15,16)17)5-7(8)9(18)19/h1-2,5H,3-4H2,(H2,18,19). The van der Waals surface area contributed by atoms with Crippen molar-refractivity contribution in [1.29, 1.82) is 0 Å². The average molecular weight is 317 g/mol. The van der Waals surface area contributed by atoms with Gasteiger partial charge in [-0.25, -0.2) is 0 Å². The molecule has 0 saturated carbocycles. The molecule has 0 aromatic heterocycles. The van der Waals surface area contributed by atoms with E-state index in [2.05, 4.69) is 4.74 Å². The fourth-order valence-corrected chi connectivity index (χ4v) is 1.30. The highest BCUT2D eigenvalue weighted by Crippen LogP contribution is 2.29. The van der Waals surface area contributed by atoms with E-state index >= 15 is 0 Å². The predicted octanol–water partition coefficient (Wildman–Crippen LogP) is 3.02. The van der Waals surface area contributed by atoms with E-state index in [-0.39, 0.29) is 5.75 Å². The summed E-state index contributed by atoms with van der Waals surface area (Å²) >= 11 is 0. The number of halogens is 6. The van der Waals surface area contributed by atoms with Crippen LogP contribution in [0.2, 0.25) is 0 Å². The topological polar surface area (TPSA) is 61.6 Å². The second kappa shape index (κ2) is 6.10. The van der Waals surface area contributed by atoms with Crippen molar-refractivity contribution in [2.45, 2.75) is 19.0 Å². The number of amides is 1. The second-order valence-corrected chi connectivity index (χ2v) is 3.78. The molecule has 21 heavy (non-hydrogen) atoms. The Kier molecular flexibility index (Phi) is 4.92. The number of ether oxygens (including phenoxy) is 2. The van der Waals surface area contributed by atoms with E-state index in [0.29, 0.717) is 6.07 Å². The van der Waals surface area contributed by atoms with Crippen molar-refractivity contribution in [2.24, 2.45) is 5.73 Å². The molecule has 0 aliphatic carbocycles. The van der Waals surface area contributed by atoms with Crippen molar-refractivity contribution in [3.63, 3.8) is 0 Å². The van der Waals surface area contributed by atoms with Gasteiger partial charge in [0.15, 0.2) is 0 Å². The molecule has 0 fully saturated rings. The minimum atomic E-state index is -4.98. The van der Waals surface area contributed by atoms with Crippen LogP contribution in [0.3, 0.4) is 0 Å². The van der Waals surface area contributed by atoms with Gasteiger partial charge in [-0.05, 0) is 18.2 Å². The Hall–Kier alpha value is -2.13. The zero-order chi connectivity index (χ0) is 16.3. The molecule has 0 unspecified atom stereocenters. The van der Waals surface area contributed by atoms with Gasteiger partial charge in [-0.3, -0.25) is 4.79 Å². The Balaban J connectivity index is 2.87. The summed E-state index contributed by atoms with van der Waals surface area (Å²) in [4.78, 5) is 11.1. The minimum Gasteiger partial charge on any atom is -0.492 e. The maximum Gasteiger partial charge on any atom is 0.573 e. The van der Waals surface area contributed by atoms with Gasteiger partial charge in [0.2, 0.25) is 0 Å². The Morgan fingerprint density at radius 2 is 1.76 bits per heavy atom. The predicted molar refractivity (Wildman–Crippen MR) is 57.8 cm³/mol. The van der Waals surface area contributed by atoms with Crippen LogP contribution in [-0.4, -0.2) is 25.1 Å². The molecule has 0 radical (unpaired) electrons. The van der Waals surface area contributed by atoms with Gasteiger partial charge in [0.05, 0.1) is 18.6 Å². The molecule has 10 heteroatoms. The first-order chi connectivity index (χ1) is 9.48. The lowest BCUT2D eigenvalue weighted by Gasteiger charge is -2.13. The maximum atomic E-state index is 12.0. The van der Waals surface area contributed by atoms with Crippen LogP contribution >= 0.6 is 0 Å². The number of nitrogens with two attached hydrogens (primary N) is 1. The summed E-state index contributed by atoms with van der Waals surface area (Å²) in [6.07, 6.45) is -10.7. The molecule has 0 atom stereocenters. The van der Waals surface area contributed by atoms with Crippen molar-refractivity contribution in [3.8, 4) is 11.5 Å². The van der Waals surface area contributed by atoms with Gasteiger partial charge in [0.25, 0.3) is 5.91 Å². The van der Waals surface area contributed by atoms with Crippen molar-refractivity contribution in [2.75, 3.05) is 6.61 Å². The van der Waals surface area contributed by atoms with Gasteiger partial charge in [-0.15, -0.1) is 13.2 Å². The molecule has 0 heterocycles. The first-order valence-electron chi connectivity index (χ1n) is 5.37. The van der Waals surface area contributed by atoms with Crippen molar-refractivity contribution >= 4 is 5.91 Å². The van der Waals surface area contributed by atoms with Gasteiger partial charge >= 0.3 is 12.5 Å². The fourth-order valence-electron chi connectivity index (χ4n) is 1.30. The van der Waals surface area contributed by atoms with Crippen LogP contribution in [0.25, 0.3) is 0 Å². The monoisotopic (exact) mass is 317 g/mol. The average Bonchev–Trinajstić information content (AvgIpc) is 2.26. The maximum absolute atomic E-state index is 12.0. The first kappa shape index (κ1) is 16.9. The molecule has 0 bridgehead atoms. The molecule has 118 valence electrons. The van der Waals surface area contributed by atoms with Gasteiger partial charge in [-0.2, -0.15) is 13.2 Å². The number of benzene rings is 1. The molecule has 2 N–H and O–H groups in total. The molecule has 0 aliphatic rings. The number of carbonyl (C=O) groups is 1. The lowest BCUT2D eigenvalue weighted by molar-refractivity contribution is -0.274. The van der Waals surface area contributed by atoms with Crippen molar-refractivity contribution < 1.29 is 40.6 Å². The first-order valence-corrected chi connectivity index (χ1v) is 5.37. The summed E-state index contributed by atoms with van der Waals surface area (Å²) in [6.45, 7) is -0.802. The zero-order valence-corrected chi connectivity index (χ0v) is 10.2. The van der Waals surface area contributed by atoms with Gasteiger partial charge in [0.1, 0.15) is 11.5 Å². The molecular weight excluding hydrogens is 308 g/mol. The third-order valence-electron chi connectivity index (χ3n) is 2.09. The summed E-state index contributed by atoms with van der Waals surface area (Å²) in [7, 11) is 0. The van der Waals surface area contributed by atoms with Crippen LogP contribution in [0.1, 0.15) is 16.8 Å². The van der Waals surface area contributed by atoms with Crippen molar-refractivity contribution in [3.05, 3.63) is 23.8 Å². The van der Waals surface area contributed by atoms with E-state index in [4.69, 9.17) is 10.5 Å². The smallest absolute Gasteiger partial charge is 0.492 e. The van der Waals surface area contributed by atoms with Crippen LogP contribution in [0.4, 0.5) is 26.3 Å². The van der Waals surface area contributed by atoms with E-state index in [1.165, 1.54) is 0 Å². The zero-order valence-electron chi connectivity index (χ0n) is 10.2. The number of alkyl halides is 6. The number of primary amides is 1. The fraction of sp³-hybridized carbons (Fsp3) is 0.364. The third kappa shape index (κ3) is 6.23. The molecule has 4 nitrogen and oxygen atoms in total. The number of rotatable bonds is 5. The summed E-state index contributed by atoms with van der Waals surface area (Å²) < 4.78 is 80.2. The van der Waals surface area contributed by atoms with Gasteiger partial charge < -0.3 is 15.2 Å². The molecule has 1 amide bonds. The Bertz CT molecular complexity index is 512. The van der Waals surface area contributed by atoms with Crippen molar-refractivity contribution in [1.82, 2.24) is 0 Å². The number of hydrogen-bond donors (Lipinski definition) is 1. The molecule has 0 spiro atoms. The van der Waals surface area contributed by atoms with E-state index < -0.39 is 42.8 Å². The Morgan fingerprint density at radius 1 is 1.14 bits per heavy atom. The molecule has 0 saturated heterocycles. The van der Waals surface area contributed by atoms with Gasteiger partial charge in [-0.1, -0.05) is 0 Å². The van der Waals surface area contributed by atoms with Gasteiger partial charge in [0, 0.05) is 0 Å². The lowest BCUT2D eigenvalue weighted by atomic mass is 10.2. The van der Waals surface area contributed by atoms with E-state index in [9.17, 15) is 31.1 Å². The van der Waals surface area contributed by atoms with Crippen LogP contribution in [0.15, 0.2) is 18.2 Å². The Labute approximate surface area is 114 Å². The highest BCUT2D eigenvalue weighted by atomic mass is 19.4. The normalized spacial score (nSPS) is 12.1. The molecule has 1 aromatic rings. The number of carbonyl (C=O) groups excluding carboxylic acids is 1. The highest BCUT2D eigenvalue weighted by Gasteiger charge is 2.32. The SMILES string of the molecule is NC(=O)c1cc(OC(F)(F)F)ccc1OCCC(F)(F)F. The highest BCUT2D eigenvalue weighted by molar-refractivity contribution is 5.96. The van der Waals surface area contributed by atoms with Crippen LogP contribution in [-0.2, 0) is 0 Å². The van der Waals surface area contributed by atoms with Crippen LogP contribution in [0.5, 0.6) is 11.5 Å². The Morgan fingerprint density at radius 3 is 2.24 bits per heavy atom. The van der Waals surface area contributed by atoms with Crippen LogP contribution in [0, 0.1) is 0 Å². The van der Waals surface area contributed by atoms with Crippen LogP contribution < -0.4 is 15.2 Å². The van der Waals surface area contributed by atoms with E-state index in [1.807, 2.05) is 0 Å². The third-order valence-corrected chi connectivity index (χ3v) is 2.09. The molecular formula is C11H9F6NO3. The quantitative estimate of drug-likeness (QED) is 0.849. The molecule has 1 rings (SSSR count). The molecule has 1 aromatic carbocycles. The lowest BCUT2D eigenvalue weighted by Crippen LogP contribution is -2.19.